The second-order valence-corrected chi connectivity index (χ2v) is 3.66. The van der Waals surface area contributed by atoms with E-state index in [-0.39, 0.29) is 18.6 Å². The van der Waals surface area contributed by atoms with Crippen molar-refractivity contribution in [3.63, 3.8) is 0 Å². The maximum absolute atomic E-state index is 9.09. The third-order valence-corrected chi connectivity index (χ3v) is 2.11. The number of ether oxygens (including phenoxy) is 1. The van der Waals surface area contributed by atoms with E-state index in [0.29, 0.717) is 5.92 Å². The molecule has 0 aliphatic carbocycles. The molecule has 0 aromatic carbocycles. The molecule has 0 bridgehead atoms. The lowest BCUT2D eigenvalue weighted by Crippen LogP contribution is -2.30. The minimum absolute atomic E-state index is 0.0616. The molecule has 0 amide bonds. The Morgan fingerprint density at radius 3 is 2.38 bits per heavy atom. The standard InChI is InChI=1S/C11H22O2/c1-5-7-13-11(9(3)4)10(6-2)8-12/h6,9-12H,2,5,7-8H2,1,3-4H3/t10-,11-/m1/s1. The van der Waals surface area contributed by atoms with Crippen LogP contribution >= 0.6 is 0 Å². The summed E-state index contributed by atoms with van der Waals surface area (Å²) < 4.78 is 5.67. The Hall–Kier alpha value is -0.340. The largest absolute Gasteiger partial charge is 0.396 e. The topological polar surface area (TPSA) is 29.5 Å². The molecule has 0 rings (SSSR count). The van der Waals surface area contributed by atoms with Crippen LogP contribution < -0.4 is 0 Å². The molecule has 13 heavy (non-hydrogen) atoms. The van der Waals surface area contributed by atoms with Gasteiger partial charge in [0.15, 0.2) is 0 Å². The van der Waals surface area contributed by atoms with Gasteiger partial charge in [-0.2, -0.15) is 0 Å². The SMILES string of the molecule is C=C[C@H](CO)[C@H](OCCC)C(C)C. The van der Waals surface area contributed by atoms with Gasteiger partial charge in [0.2, 0.25) is 0 Å². The van der Waals surface area contributed by atoms with E-state index in [1.54, 1.807) is 6.08 Å². The van der Waals surface area contributed by atoms with Gasteiger partial charge < -0.3 is 9.84 Å². The van der Waals surface area contributed by atoms with Gasteiger partial charge in [-0.25, -0.2) is 0 Å². The normalized spacial score (nSPS) is 15.8. The van der Waals surface area contributed by atoms with Crippen molar-refractivity contribution in [1.82, 2.24) is 0 Å². The third-order valence-electron chi connectivity index (χ3n) is 2.11. The molecule has 0 spiro atoms. The number of hydrogen-bond donors (Lipinski definition) is 1. The molecule has 0 saturated heterocycles. The van der Waals surface area contributed by atoms with E-state index in [9.17, 15) is 0 Å². The zero-order valence-corrected chi connectivity index (χ0v) is 8.99. The Morgan fingerprint density at radius 1 is 1.46 bits per heavy atom. The molecule has 1 N–H and O–H groups in total. The highest BCUT2D eigenvalue weighted by Gasteiger charge is 2.21. The summed E-state index contributed by atoms with van der Waals surface area (Å²) in [5.74, 6) is 0.480. The van der Waals surface area contributed by atoms with E-state index in [0.717, 1.165) is 13.0 Å². The van der Waals surface area contributed by atoms with Gasteiger partial charge >= 0.3 is 0 Å². The molecule has 78 valence electrons. The molecule has 0 saturated carbocycles. The van der Waals surface area contributed by atoms with Crippen molar-refractivity contribution >= 4 is 0 Å². The first-order valence-electron chi connectivity index (χ1n) is 5.02. The molecular weight excluding hydrogens is 164 g/mol. The lowest BCUT2D eigenvalue weighted by molar-refractivity contribution is -0.0183. The van der Waals surface area contributed by atoms with E-state index in [1.807, 2.05) is 0 Å². The molecule has 0 aliphatic rings. The minimum atomic E-state index is 0.0616. The minimum Gasteiger partial charge on any atom is -0.396 e. The number of hydrogen-bond acceptors (Lipinski definition) is 2. The van der Waals surface area contributed by atoms with Gasteiger partial charge in [0.25, 0.3) is 0 Å². The average Bonchev–Trinajstić information content (AvgIpc) is 2.11. The van der Waals surface area contributed by atoms with Crippen LogP contribution in [0.1, 0.15) is 27.2 Å². The molecule has 2 atom stereocenters. The van der Waals surface area contributed by atoms with Crippen LogP contribution in [0.5, 0.6) is 0 Å². The van der Waals surface area contributed by atoms with Crippen LogP contribution in [0.25, 0.3) is 0 Å². The van der Waals surface area contributed by atoms with Crippen molar-refractivity contribution < 1.29 is 9.84 Å². The van der Waals surface area contributed by atoms with Gasteiger partial charge in [0.1, 0.15) is 0 Å². The van der Waals surface area contributed by atoms with E-state index in [2.05, 4.69) is 27.4 Å². The molecule has 0 aromatic heterocycles. The monoisotopic (exact) mass is 186 g/mol. The molecule has 0 unspecified atom stereocenters. The van der Waals surface area contributed by atoms with Crippen molar-refractivity contribution in [1.29, 1.82) is 0 Å². The molecule has 0 radical (unpaired) electrons. The first-order valence-corrected chi connectivity index (χ1v) is 5.02. The Bertz CT molecular complexity index is 132. The fourth-order valence-electron chi connectivity index (χ4n) is 1.38. The molecule has 2 heteroatoms. The summed E-state index contributed by atoms with van der Waals surface area (Å²) in [7, 11) is 0. The van der Waals surface area contributed by atoms with Gasteiger partial charge in [-0.05, 0) is 12.3 Å². The summed E-state index contributed by atoms with van der Waals surface area (Å²) in [5.41, 5.74) is 0. The lowest BCUT2D eigenvalue weighted by Gasteiger charge is -2.26. The first-order chi connectivity index (χ1) is 6.17. The van der Waals surface area contributed by atoms with Gasteiger partial charge in [-0.1, -0.05) is 26.8 Å². The fourth-order valence-corrected chi connectivity index (χ4v) is 1.38. The van der Waals surface area contributed by atoms with Crippen LogP contribution in [0, 0.1) is 11.8 Å². The average molecular weight is 186 g/mol. The lowest BCUT2D eigenvalue weighted by atomic mass is 9.94. The van der Waals surface area contributed by atoms with Crippen LogP contribution in [0.2, 0.25) is 0 Å². The summed E-state index contributed by atoms with van der Waals surface area (Å²) in [6.45, 7) is 10.9. The Kier molecular flexibility index (Phi) is 6.92. The van der Waals surface area contributed by atoms with Crippen molar-refractivity contribution in [2.75, 3.05) is 13.2 Å². The quantitative estimate of drug-likeness (QED) is 0.618. The third kappa shape index (κ3) is 4.44. The highest BCUT2D eigenvalue weighted by Crippen LogP contribution is 2.17. The smallest absolute Gasteiger partial charge is 0.0682 e. The highest BCUT2D eigenvalue weighted by molar-refractivity contribution is 4.86. The van der Waals surface area contributed by atoms with E-state index < -0.39 is 0 Å². The van der Waals surface area contributed by atoms with E-state index >= 15 is 0 Å². The Morgan fingerprint density at radius 2 is 2.08 bits per heavy atom. The predicted octanol–water partition coefficient (Wildman–Crippen LogP) is 2.23. The summed E-state index contributed by atoms with van der Waals surface area (Å²) in [5, 5.41) is 9.09. The Balaban J connectivity index is 4.12. The van der Waals surface area contributed by atoms with Crippen LogP contribution in [-0.4, -0.2) is 24.4 Å². The molecular formula is C11H22O2. The van der Waals surface area contributed by atoms with Crippen LogP contribution in [0.3, 0.4) is 0 Å². The number of rotatable bonds is 7. The summed E-state index contributed by atoms with van der Waals surface area (Å²) in [6, 6.07) is 0. The molecule has 0 aromatic rings. The van der Waals surface area contributed by atoms with Gasteiger partial charge in [-0.3, -0.25) is 0 Å². The van der Waals surface area contributed by atoms with Crippen LogP contribution in [-0.2, 0) is 4.74 Å². The summed E-state index contributed by atoms with van der Waals surface area (Å²) in [6.07, 6.45) is 2.89. The maximum atomic E-state index is 9.09. The van der Waals surface area contributed by atoms with Crippen molar-refractivity contribution in [2.24, 2.45) is 11.8 Å². The van der Waals surface area contributed by atoms with Gasteiger partial charge in [0, 0.05) is 12.5 Å². The number of aliphatic hydroxyl groups is 1. The van der Waals surface area contributed by atoms with Crippen molar-refractivity contribution in [3.8, 4) is 0 Å². The van der Waals surface area contributed by atoms with Crippen LogP contribution in [0.4, 0.5) is 0 Å². The van der Waals surface area contributed by atoms with Crippen molar-refractivity contribution in [2.45, 2.75) is 33.3 Å². The first kappa shape index (κ1) is 12.7. The second kappa shape index (κ2) is 7.10. The zero-order chi connectivity index (χ0) is 10.3. The fraction of sp³-hybridized carbons (Fsp3) is 0.818. The van der Waals surface area contributed by atoms with E-state index in [1.165, 1.54) is 0 Å². The predicted molar refractivity (Wildman–Crippen MR) is 55.6 cm³/mol. The highest BCUT2D eigenvalue weighted by atomic mass is 16.5. The van der Waals surface area contributed by atoms with Gasteiger partial charge in [-0.15, -0.1) is 6.58 Å². The molecule has 2 nitrogen and oxygen atoms in total. The van der Waals surface area contributed by atoms with Gasteiger partial charge in [0.05, 0.1) is 12.7 Å². The van der Waals surface area contributed by atoms with Crippen molar-refractivity contribution in [3.05, 3.63) is 12.7 Å². The van der Waals surface area contributed by atoms with E-state index in [4.69, 9.17) is 9.84 Å². The second-order valence-electron chi connectivity index (χ2n) is 3.66. The summed E-state index contributed by atoms with van der Waals surface area (Å²) in [4.78, 5) is 0. The molecule has 0 heterocycles. The zero-order valence-electron chi connectivity index (χ0n) is 8.99. The van der Waals surface area contributed by atoms with Crippen LogP contribution in [0.15, 0.2) is 12.7 Å². The maximum Gasteiger partial charge on any atom is 0.0682 e. The molecule has 0 fully saturated rings. The Labute approximate surface area is 81.6 Å². The number of aliphatic hydroxyl groups excluding tert-OH is 1. The summed E-state index contributed by atoms with van der Waals surface area (Å²) >= 11 is 0. The molecule has 0 aliphatic heterocycles.